The van der Waals surface area contributed by atoms with Gasteiger partial charge in [0.2, 0.25) is 0 Å². The predicted molar refractivity (Wildman–Crippen MR) is 121 cm³/mol. The molecule has 0 fully saturated rings. The molecule has 0 saturated heterocycles. The Morgan fingerprint density at radius 1 is 1.16 bits per heavy atom. The SMILES string of the molecule is CCCCNC(=O)Nc1ccc(C2NC(=O)N(CCC)C(C)=C2C(=O)OC(C)C)cc1. The average Bonchev–Trinajstić information content (AvgIpc) is 2.71. The van der Waals surface area contributed by atoms with Gasteiger partial charge in [-0.05, 0) is 51.3 Å². The van der Waals surface area contributed by atoms with Crippen molar-refractivity contribution in [2.45, 2.75) is 66.0 Å². The minimum absolute atomic E-state index is 0.247. The van der Waals surface area contributed by atoms with Gasteiger partial charge in [-0.3, -0.25) is 4.90 Å². The molecule has 0 radical (unpaired) electrons. The van der Waals surface area contributed by atoms with Crippen LogP contribution < -0.4 is 16.0 Å². The van der Waals surface area contributed by atoms with Crippen LogP contribution in [0.3, 0.4) is 0 Å². The molecule has 4 amide bonds. The number of hydrogen-bond acceptors (Lipinski definition) is 4. The highest BCUT2D eigenvalue weighted by Crippen LogP contribution is 2.32. The number of benzene rings is 1. The Kier molecular flexibility index (Phi) is 8.90. The van der Waals surface area contributed by atoms with Gasteiger partial charge in [0.05, 0.1) is 17.7 Å². The Bertz CT molecular complexity index is 817. The molecule has 1 heterocycles. The van der Waals surface area contributed by atoms with E-state index in [4.69, 9.17) is 4.74 Å². The highest BCUT2D eigenvalue weighted by molar-refractivity contribution is 5.95. The van der Waals surface area contributed by atoms with Crippen LogP contribution in [0.2, 0.25) is 0 Å². The van der Waals surface area contributed by atoms with Crippen molar-refractivity contribution in [3.05, 3.63) is 41.1 Å². The van der Waals surface area contributed by atoms with Crippen LogP contribution in [-0.4, -0.2) is 42.1 Å². The lowest BCUT2D eigenvalue weighted by atomic mass is 9.94. The molecule has 0 bridgehead atoms. The summed E-state index contributed by atoms with van der Waals surface area (Å²) in [5.74, 6) is -0.448. The van der Waals surface area contributed by atoms with E-state index < -0.39 is 12.0 Å². The summed E-state index contributed by atoms with van der Waals surface area (Å²) in [6, 6.07) is 5.94. The maximum absolute atomic E-state index is 12.9. The highest BCUT2D eigenvalue weighted by atomic mass is 16.5. The molecule has 0 spiro atoms. The quantitative estimate of drug-likeness (QED) is 0.401. The first-order valence-corrected chi connectivity index (χ1v) is 10.9. The van der Waals surface area contributed by atoms with Crippen LogP contribution in [0.1, 0.15) is 65.5 Å². The van der Waals surface area contributed by atoms with E-state index in [9.17, 15) is 14.4 Å². The number of nitrogens with zero attached hydrogens (tertiary/aromatic N) is 1. The predicted octanol–water partition coefficient (Wildman–Crippen LogP) is 4.31. The van der Waals surface area contributed by atoms with E-state index >= 15 is 0 Å². The topological polar surface area (TPSA) is 99.8 Å². The van der Waals surface area contributed by atoms with E-state index in [1.165, 1.54) is 0 Å². The van der Waals surface area contributed by atoms with Crippen molar-refractivity contribution < 1.29 is 19.1 Å². The number of allylic oxidation sites excluding steroid dienone is 1. The molecule has 1 aliphatic rings. The Balaban J connectivity index is 2.26. The smallest absolute Gasteiger partial charge is 0.338 e. The van der Waals surface area contributed by atoms with E-state index in [1.807, 2.05) is 6.92 Å². The standard InChI is InChI=1S/C23H34N4O4/c1-6-8-13-24-22(29)25-18-11-9-17(10-12-18)20-19(21(28)31-15(3)4)16(5)27(14-7-2)23(30)26-20/h9-12,15,20H,6-8,13-14H2,1-5H3,(H,26,30)(H2,24,25,29). The number of nitrogens with one attached hydrogen (secondary N) is 3. The second-order valence-corrected chi connectivity index (χ2v) is 7.84. The zero-order valence-electron chi connectivity index (χ0n) is 19.1. The molecule has 2 rings (SSSR count). The number of hydrogen-bond donors (Lipinski definition) is 3. The first-order chi connectivity index (χ1) is 14.8. The van der Waals surface area contributed by atoms with Crippen molar-refractivity contribution >= 4 is 23.7 Å². The maximum atomic E-state index is 12.9. The molecule has 8 heteroatoms. The Morgan fingerprint density at radius 3 is 2.42 bits per heavy atom. The number of rotatable bonds is 9. The van der Waals surface area contributed by atoms with Gasteiger partial charge in [-0.25, -0.2) is 14.4 Å². The molecular formula is C23H34N4O4. The normalized spacial score (nSPS) is 16.3. The summed E-state index contributed by atoms with van der Waals surface area (Å²) in [4.78, 5) is 39.1. The fraction of sp³-hybridized carbons (Fsp3) is 0.522. The van der Waals surface area contributed by atoms with E-state index in [2.05, 4.69) is 22.9 Å². The average molecular weight is 431 g/mol. The summed E-state index contributed by atoms with van der Waals surface area (Å²) in [5.41, 5.74) is 2.37. The summed E-state index contributed by atoms with van der Waals surface area (Å²) in [6.07, 6.45) is 2.42. The highest BCUT2D eigenvalue weighted by Gasteiger charge is 2.36. The van der Waals surface area contributed by atoms with E-state index in [0.29, 0.717) is 30.0 Å². The van der Waals surface area contributed by atoms with Crippen molar-refractivity contribution in [2.24, 2.45) is 0 Å². The third-order valence-corrected chi connectivity index (χ3v) is 4.92. The molecule has 0 saturated carbocycles. The summed E-state index contributed by atoms with van der Waals surface area (Å²) >= 11 is 0. The summed E-state index contributed by atoms with van der Waals surface area (Å²) in [6.45, 7) is 10.5. The molecule has 1 aromatic rings. The summed E-state index contributed by atoms with van der Waals surface area (Å²) in [7, 11) is 0. The summed E-state index contributed by atoms with van der Waals surface area (Å²) in [5, 5.41) is 8.51. The molecule has 0 aromatic heterocycles. The van der Waals surface area contributed by atoms with Gasteiger partial charge in [-0.15, -0.1) is 0 Å². The number of carbonyl (C=O) groups is 3. The van der Waals surface area contributed by atoms with Gasteiger partial charge in [-0.2, -0.15) is 0 Å². The van der Waals surface area contributed by atoms with Crippen LogP contribution in [0.4, 0.5) is 15.3 Å². The first-order valence-electron chi connectivity index (χ1n) is 10.9. The first kappa shape index (κ1) is 24.2. The molecule has 3 N–H and O–H groups in total. The third kappa shape index (κ3) is 6.47. The zero-order valence-corrected chi connectivity index (χ0v) is 19.1. The number of amides is 4. The van der Waals surface area contributed by atoms with Crippen LogP contribution >= 0.6 is 0 Å². The molecule has 31 heavy (non-hydrogen) atoms. The van der Waals surface area contributed by atoms with Gasteiger partial charge in [0.1, 0.15) is 0 Å². The minimum Gasteiger partial charge on any atom is -0.459 e. The molecule has 1 atom stereocenters. The van der Waals surface area contributed by atoms with Gasteiger partial charge in [0.15, 0.2) is 0 Å². The van der Waals surface area contributed by atoms with Gasteiger partial charge in [0.25, 0.3) is 0 Å². The lowest BCUT2D eigenvalue weighted by Gasteiger charge is -2.35. The van der Waals surface area contributed by atoms with Gasteiger partial charge >= 0.3 is 18.0 Å². The third-order valence-electron chi connectivity index (χ3n) is 4.92. The Hall–Kier alpha value is -3.03. The number of anilines is 1. The van der Waals surface area contributed by atoms with E-state index in [-0.39, 0.29) is 18.2 Å². The summed E-state index contributed by atoms with van der Waals surface area (Å²) < 4.78 is 5.46. The molecule has 0 aliphatic carbocycles. The van der Waals surface area contributed by atoms with Gasteiger partial charge in [-0.1, -0.05) is 32.4 Å². The van der Waals surface area contributed by atoms with Crippen LogP contribution in [0, 0.1) is 0 Å². The number of ether oxygens (including phenoxy) is 1. The molecule has 1 unspecified atom stereocenters. The van der Waals surface area contributed by atoms with Crippen molar-refractivity contribution in [2.75, 3.05) is 18.4 Å². The molecule has 8 nitrogen and oxygen atoms in total. The maximum Gasteiger partial charge on any atom is 0.338 e. The van der Waals surface area contributed by atoms with E-state index in [0.717, 1.165) is 24.8 Å². The van der Waals surface area contributed by atoms with Crippen molar-refractivity contribution in [1.29, 1.82) is 0 Å². The molecule has 1 aromatic carbocycles. The molecular weight excluding hydrogens is 396 g/mol. The van der Waals surface area contributed by atoms with Gasteiger partial charge < -0.3 is 20.7 Å². The Labute approximate surface area is 184 Å². The molecule has 170 valence electrons. The number of carbonyl (C=O) groups excluding carboxylic acids is 3. The van der Waals surface area contributed by atoms with Crippen molar-refractivity contribution in [3.8, 4) is 0 Å². The number of urea groups is 2. The Morgan fingerprint density at radius 2 is 1.84 bits per heavy atom. The second kappa shape index (κ2) is 11.4. The van der Waals surface area contributed by atoms with Crippen molar-refractivity contribution in [3.63, 3.8) is 0 Å². The number of esters is 1. The zero-order chi connectivity index (χ0) is 23.0. The fourth-order valence-corrected chi connectivity index (χ4v) is 3.38. The largest absolute Gasteiger partial charge is 0.459 e. The number of unbranched alkanes of at least 4 members (excludes halogenated alkanes) is 1. The lowest BCUT2D eigenvalue weighted by molar-refractivity contribution is -0.143. The van der Waals surface area contributed by atoms with Crippen LogP contribution in [0.5, 0.6) is 0 Å². The van der Waals surface area contributed by atoms with Crippen LogP contribution in [0.25, 0.3) is 0 Å². The van der Waals surface area contributed by atoms with Gasteiger partial charge in [0, 0.05) is 24.5 Å². The fourth-order valence-electron chi connectivity index (χ4n) is 3.38. The minimum atomic E-state index is -0.626. The monoisotopic (exact) mass is 430 g/mol. The lowest BCUT2D eigenvalue weighted by Crippen LogP contribution is -2.48. The van der Waals surface area contributed by atoms with Crippen molar-refractivity contribution in [1.82, 2.24) is 15.5 Å². The van der Waals surface area contributed by atoms with Crippen LogP contribution in [0.15, 0.2) is 35.5 Å². The van der Waals surface area contributed by atoms with Crippen LogP contribution in [-0.2, 0) is 9.53 Å². The molecule has 1 aliphatic heterocycles. The second-order valence-electron chi connectivity index (χ2n) is 7.84. The van der Waals surface area contributed by atoms with E-state index in [1.54, 1.807) is 49.9 Å².